The molecule has 0 aromatic rings. The van der Waals surface area contributed by atoms with Crippen molar-refractivity contribution in [1.29, 1.82) is 0 Å². The van der Waals surface area contributed by atoms with E-state index in [4.69, 9.17) is 4.74 Å². The quantitative estimate of drug-likeness (QED) is 0.491. The Morgan fingerprint density at radius 1 is 0.923 bits per heavy atom. The van der Waals surface area contributed by atoms with Crippen molar-refractivity contribution in [3.05, 3.63) is 0 Å². The van der Waals surface area contributed by atoms with Crippen molar-refractivity contribution in [3.8, 4) is 0 Å². The third-order valence-electron chi connectivity index (χ3n) is 1.51. The van der Waals surface area contributed by atoms with Gasteiger partial charge in [-0.15, -0.1) is 0 Å². The van der Waals surface area contributed by atoms with Gasteiger partial charge in [0.05, 0.1) is 0 Å². The Kier molecular flexibility index (Phi) is 35.2. The first kappa shape index (κ1) is 19.7. The Morgan fingerprint density at radius 2 is 1.46 bits per heavy atom. The zero-order valence-electron chi connectivity index (χ0n) is 9.44. The molecule has 0 aromatic heterocycles. The first-order valence-corrected chi connectivity index (χ1v) is 6.20. The Labute approximate surface area is 107 Å². The summed E-state index contributed by atoms with van der Waals surface area (Å²) in [6.45, 7) is 7.91. The van der Waals surface area contributed by atoms with Crippen molar-refractivity contribution in [2.24, 2.45) is 0 Å². The molecule has 1 nitrogen and oxygen atoms in total. The second kappa shape index (κ2) is 23.2. The minimum absolute atomic E-state index is 0. The van der Waals surface area contributed by atoms with Gasteiger partial charge in [-0.1, -0.05) is 0 Å². The predicted octanol–water partition coefficient (Wildman–Crippen LogP) is 0.200. The number of halogens is 1. The average molecular weight is 264 g/mol. The van der Waals surface area contributed by atoms with Gasteiger partial charge in [0.25, 0.3) is 0 Å². The topological polar surface area (TPSA) is 9.23 Å². The molecule has 78 valence electrons. The molecule has 0 aliphatic carbocycles. The van der Waals surface area contributed by atoms with Crippen molar-refractivity contribution in [1.82, 2.24) is 0 Å². The van der Waals surface area contributed by atoms with Gasteiger partial charge in [0.1, 0.15) is 0 Å². The summed E-state index contributed by atoms with van der Waals surface area (Å²) in [6, 6.07) is 0. The second-order valence-corrected chi connectivity index (χ2v) is 3.40. The SMILES string of the molecule is CCCCC[CH2][Mg+].CCOCC.[Br-]. The maximum atomic E-state index is 4.83. The van der Waals surface area contributed by atoms with Crippen molar-refractivity contribution in [2.75, 3.05) is 13.2 Å². The summed E-state index contributed by atoms with van der Waals surface area (Å²) in [6.07, 6.45) is 5.67. The third-order valence-corrected chi connectivity index (χ3v) is 2.01. The number of hydrogen-bond acceptors (Lipinski definition) is 1. The van der Waals surface area contributed by atoms with E-state index < -0.39 is 0 Å². The van der Waals surface area contributed by atoms with Crippen LogP contribution in [0.5, 0.6) is 0 Å². The average Bonchev–Trinajstić information content (AvgIpc) is 2.08. The van der Waals surface area contributed by atoms with Crippen LogP contribution in [0.4, 0.5) is 0 Å². The Morgan fingerprint density at radius 3 is 1.69 bits per heavy atom. The van der Waals surface area contributed by atoms with Crippen LogP contribution in [0, 0.1) is 0 Å². The molecule has 0 radical (unpaired) electrons. The molecule has 0 saturated carbocycles. The van der Waals surface area contributed by atoms with Crippen LogP contribution in [0.1, 0.15) is 46.5 Å². The van der Waals surface area contributed by atoms with Crippen molar-refractivity contribution < 1.29 is 21.7 Å². The molecule has 0 rings (SSSR count). The number of ether oxygens (including phenoxy) is 1. The van der Waals surface area contributed by atoms with Gasteiger partial charge in [-0.3, -0.25) is 0 Å². The van der Waals surface area contributed by atoms with Crippen LogP contribution in [0.15, 0.2) is 0 Å². The Hall–Kier alpha value is 1.21. The maximum absolute atomic E-state index is 4.83. The van der Waals surface area contributed by atoms with Gasteiger partial charge in [-0.05, 0) is 13.8 Å². The summed E-state index contributed by atoms with van der Waals surface area (Å²) in [5, 5.41) is 0. The van der Waals surface area contributed by atoms with Gasteiger partial charge < -0.3 is 21.7 Å². The first-order chi connectivity index (χ1) is 5.83. The molecule has 0 heterocycles. The minimum atomic E-state index is 0. The molecular weight excluding hydrogens is 240 g/mol. The molecule has 0 spiro atoms. The van der Waals surface area contributed by atoms with Gasteiger partial charge in [0, 0.05) is 13.2 Å². The summed E-state index contributed by atoms with van der Waals surface area (Å²) in [4.78, 5) is 0. The largest absolute Gasteiger partial charge is 1.00 e. The summed E-state index contributed by atoms with van der Waals surface area (Å²) >= 11 is 2.08. The summed E-state index contributed by atoms with van der Waals surface area (Å²) in [7, 11) is 0. The molecule has 0 unspecified atom stereocenters. The van der Waals surface area contributed by atoms with Crippen LogP contribution in [0.2, 0.25) is 4.55 Å². The van der Waals surface area contributed by atoms with Crippen LogP contribution in [0.3, 0.4) is 0 Å². The van der Waals surface area contributed by atoms with E-state index in [0.717, 1.165) is 13.2 Å². The third kappa shape index (κ3) is 31.9. The molecule has 0 atom stereocenters. The maximum Gasteiger partial charge on any atom is 0.0437 e. The molecule has 0 fully saturated rings. The molecular formula is C10H23BrMgO. The van der Waals surface area contributed by atoms with E-state index in [9.17, 15) is 0 Å². The zero-order chi connectivity index (χ0) is 9.66. The van der Waals surface area contributed by atoms with Crippen LogP contribution < -0.4 is 17.0 Å². The number of hydrogen-bond donors (Lipinski definition) is 0. The monoisotopic (exact) mass is 262 g/mol. The summed E-state index contributed by atoms with van der Waals surface area (Å²) < 4.78 is 6.22. The molecule has 0 amide bonds. The van der Waals surface area contributed by atoms with E-state index in [1.807, 2.05) is 13.8 Å². The van der Waals surface area contributed by atoms with Gasteiger partial charge >= 0.3 is 58.9 Å². The molecule has 13 heavy (non-hydrogen) atoms. The molecule has 0 aromatic carbocycles. The molecule has 3 heteroatoms. The van der Waals surface area contributed by atoms with E-state index >= 15 is 0 Å². The fourth-order valence-corrected chi connectivity index (χ4v) is 1.16. The summed E-state index contributed by atoms with van der Waals surface area (Å²) in [5.41, 5.74) is 0. The molecule has 0 aliphatic rings. The van der Waals surface area contributed by atoms with Gasteiger partial charge in [-0.25, -0.2) is 0 Å². The zero-order valence-corrected chi connectivity index (χ0v) is 12.4. The second-order valence-electron chi connectivity index (χ2n) is 2.70. The Balaban J connectivity index is -0.000000150. The normalized spacial score (nSPS) is 8.38. The van der Waals surface area contributed by atoms with Crippen molar-refractivity contribution in [3.63, 3.8) is 0 Å². The smallest absolute Gasteiger partial charge is 0.0437 e. The number of rotatable bonds is 6. The molecule has 0 N–H and O–H groups in total. The van der Waals surface area contributed by atoms with E-state index in [2.05, 4.69) is 28.6 Å². The van der Waals surface area contributed by atoms with E-state index in [1.165, 1.54) is 30.2 Å². The van der Waals surface area contributed by atoms with Crippen LogP contribution >= 0.6 is 0 Å². The van der Waals surface area contributed by atoms with Crippen molar-refractivity contribution >= 4 is 21.7 Å². The van der Waals surface area contributed by atoms with Crippen LogP contribution in [-0.2, 0) is 4.74 Å². The Bertz CT molecular complexity index is 56.9. The van der Waals surface area contributed by atoms with Crippen molar-refractivity contribution in [2.45, 2.75) is 51.0 Å². The van der Waals surface area contributed by atoms with E-state index in [0.29, 0.717) is 0 Å². The van der Waals surface area contributed by atoms with Crippen LogP contribution in [0.25, 0.3) is 0 Å². The standard InChI is InChI=1S/C6H13.C4H10O.BrH.Mg/c1-3-5-6-4-2;1-3-5-4-2;;/h1,3-6H2,2H3;3-4H2,1-2H3;1H;/q;;;+1/p-1. The predicted molar refractivity (Wildman–Crippen MR) is 56.9 cm³/mol. The van der Waals surface area contributed by atoms with Gasteiger partial charge in [0.2, 0.25) is 0 Å². The number of unbranched alkanes of at least 4 members (excludes halogenated alkanes) is 3. The molecule has 0 saturated heterocycles. The van der Waals surface area contributed by atoms with Gasteiger partial charge in [0.15, 0.2) is 0 Å². The van der Waals surface area contributed by atoms with E-state index in [-0.39, 0.29) is 17.0 Å². The fourth-order valence-electron chi connectivity index (χ4n) is 0.808. The molecule has 0 bridgehead atoms. The summed E-state index contributed by atoms with van der Waals surface area (Å²) in [5.74, 6) is 0. The van der Waals surface area contributed by atoms with Crippen LogP contribution in [-0.4, -0.2) is 34.9 Å². The first-order valence-electron chi connectivity index (χ1n) is 5.20. The van der Waals surface area contributed by atoms with Gasteiger partial charge in [-0.2, -0.15) is 0 Å². The fraction of sp³-hybridized carbons (Fsp3) is 1.00. The van der Waals surface area contributed by atoms with E-state index in [1.54, 1.807) is 0 Å². The molecule has 0 aliphatic heterocycles. The minimum Gasteiger partial charge on any atom is -1.00 e.